The Labute approximate surface area is 106 Å². The molecule has 1 aliphatic heterocycles. The Morgan fingerprint density at radius 1 is 1.50 bits per heavy atom. The Bertz CT molecular complexity index is 602. The van der Waals surface area contributed by atoms with Gasteiger partial charge in [0, 0.05) is 18.0 Å². The van der Waals surface area contributed by atoms with Crippen LogP contribution in [0, 0.1) is 0 Å². The van der Waals surface area contributed by atoms with Crippen LogP contribution < -0.4 is 5.73 Å². The molecule has 94 valence electrons. The Morgan fingerprint density at radius 3 is 3.00 bits per heavy atom. The maximum Gasteiger partial charge on any atom is 0.270 e. The number of hydrogen-bond donors (Lipinski definition) is 2. The molecule has 1 aromatic heterocycles. The molecule has 0 aliphatic carbocycles. The Balaban J connectivity index is 1.99. The quantitative estimate of drug-likeness (QED) is 0.755. The normalized spacial score (nSPS) is 19.6. The van der Waals surface area contributed by atoms with E-state index >= 15 is 0 Å². The van der Waals surface area contributed by atoms with E-state index in [0.29, 0.717) is 17.4 Å². The molecular weight excluding hydrogens is 226 g/mol. The predicted octanol–water partition coefficient (Wildman–Crippen LogP) is 2.37. The van der Waals surface area contributed by atoms with Crippen LogP contribution in [0.4, 0.5) is 5.69 Å². The summed E-state index contributed by atoms with van der Waals surface area (Å²) in [6.07, 6.45) is 2.18. The first-order valence-electron chi connectivity index (χ1n) is 6.35. The molecule has 1 atom stereocenters. The molecule has 4 heteroatoms. The highest BCUT2D eigenvalue weighted by atomic mass is 16.2. The molecular formula is C14H17N3O. The van der Waals surface area contributed by atoms with Gasteiger partial charge in [0.2, 0.25) is 0 Å². The van der Waals surface area contributed by atoms with Gasteiger partial charge in [0.05, 0.1) is 11.2 Å². The number of hydrogen-bond acceptors (Lipinski definition) is 2. The van der Waals surface area contributed by atoms with E-state index in [-0.39, 0.29) is 5.91 Å². The zero-order chi connectivity index (χ0) is 12.7. The van der Waals surface area contributed by atoms with Crippen LogP contribution in [0.1, 0.15) is 30.3 Å². The molecule has 0 bridgehead atoms. The number of nitrogens with zero attached hydrogens (tertiary/aromatic N) is 1. The van der Waals surface area contributed by atoms with Gasteiger partial charge in [-0.2, -0.15) is 0 Å². The van der Waals surface area contributed by atoms with Gasteiger partial charge in [-0.05, 0) is 31.9 Å². The smallest absolute Gasteiger partial charge is 0.270 e. The first kappa shape index (κ1) is 11.1. The highest BCUT2D eigenvalue weighted by molar-refractivity contribution is 6.01. The first-order valence-corrected chi connectivity index (χ1v) is 6.35. The lowest BCUT2D eigenvalue weighted by molar-refractivity contribution is 0.0742. The van der Waals surface area contributed by atoms with Crippen LogP contribution in [0.25, 0.3) is 10.9 Å². The van der Waals surface area contributed by atoms with Crippen molar-refractivity contribution in [1.82, 2.24) is 9.88 Å². The van der Waals surface area contributed by atoms with Crippen molar-refractivity contribution in [2.24, 2.45) is 0 Å². The average molecular weight is 243 g/mol. The molecule has 1 unspecified atom stereocenters. The number of nitrogens with one attached hydrogen (secondary N) is 1. The summed E-state index contributed by atoms with van der Waals surface area (Å²) in [5.74, 6) is 0.0793. The second-order valence-electron chi connectivity index (χ2n) is 4.98. The molecule has 2 aromatic rings. The van der Waals surface area contributed by atoms with E-state index in [9.17, 15) is 4.79 Å². The third-order valence-corrected chi connectivity index (χ3v) is 3.73. The molecule has 3 rings (SSSR count). The summed E-state index contributed by atoms with van der Waals surface area (Å²) >= 11 is 0. The fourth-order valence-corrected chi connectivity index (χ4v) is 2.68. The molecule has 1 fully saturated rings. The van der Waals surface area contributed by atoms with Gasteiger partial charge in [-0.1, -0.05) is 12.1 Å². The summed E-state index contributed by atoms with van der Waals surface area (Å²) in [6, 6.07) is 7.93. The number of para-hydroxylation sites is 1. The van der Waals surface area contributed by atoms with Crippen LogP contribution in [-0.4, -0.2) is 28.4 Å². The van der Waals surface area contributed by atoms with E-state index in [1.54, 1.807) is 0 Å². The molecule has 1 saturated heterocycles. The number of carbonyl (C=O) groups is 1. The van der Waals surface area contributed by atoms with Gasteiger partial charge >= 0.3 is 0 Å². The lowest BCUT2D eigenvalue weighted by Gasteiger charge is -2.20. The summed E-state index contributed by atoms with van der Waals surface area (Å²) in [7, 11) is 0. The maximum absolute atomic E-state index is 12.4. The van der Waals surface area contributed by atoms with Crippen LogP contribution in [0.15, 0.2) is 24.3 Å². The number of carbonyl (C=O) groups excluding carboxylic acids is 1. The van der Waals surface area contributed by atoms with Crippen molar-refractivity contribution in [1.29, 1.82) is 0 Å². The molecule has 3 N–H and O–H groups in total. The maximum atomic E-state index is 12.4. The Morgan fingerprint density at radius 2 is 2.33 bits per heavy atom. The van der Waals surface area contributed by atoms with Crippen LogP contribution in [-0.2, 0) is 0 Å². The number of anilines is 1. The van der Waals surface area contributed by atoms with Gasteiger partial charge < -0.3 is 15.6 Å². The number of nitrogens with two attached hydrogens (primary N) is 1. The van der Waals surface area contributed by atoms with Gasteiger partial charge in [-0.3, -0.25) is 4.79 Å². The molecule has 4 nitrogen and oxygen atoms in total. The SMILES string of the molecule is CC1CCCN1C(=O)c1cc2cccc(N)c2[nH]1. The van der Waals surface area contributed by atoms with Crippen molar-refractivity contribution in [2.75, 3.05) is 12.3 Å². The van der Waals surface area contributed by atoms with Crippen molar-refractivity contribution < 1.29 is 4.79 Å². The van der Waals surface area contributed by atoms with E-state index in [4.69, 9.17) is 5.73 Å². The zero-order valence-electron chi connectivity index (χ0n) is 10.4. The summed E-state index contributed by atoms with van der Waals surface area (Å²) in [5.41, 5.74) is 8.07. The number of aromatic nitrogens is 1. The molecule has 0 radical (unpaired) electrons. The van der Waals surface area contributed by atoms with Crippen LogP contribution in [0.3, 0.4) is 0 Å². The summed E-state index contributed by atoms with van der Waals surface area (Å²) in [6.45, 7) is 2.95. The second kappa shape index (κ2) is 4.05. The van der Waals surface area contributed by atoms with Gasteiger partial charge in [0.15, 0.2) is 0 Å². The minimum atomic E-state index is 0.0793. The lowest BCUT2D eigenvalue weighted by atomic mass is 10.2. The molecule has 1 aliphatic rings. The fraction of sp³-hybridized carbons (Fsp3) is 0.357. The third kappa shape index (κ3) is 1.65. The highest BCUT2D eigenvalue weighted by Gasteiger charge is 2.26. The summed E-state index contributed by atoms with van der Waals surface area (Å²) < 4.78 is 0. The summed E-state index contributed by atoms with van der Waals surface area (Å²) in [5, 5.41) is 0.991. The topological polar surface area (TPSA) is 62.1 Å². The fourth-order valence-electron chi connectivity index (χ4n) is 2.68. The molecule has 1 aromatic carbocycles. The number of amides is 1. The van der Waals surface area contributed by atoms with Crippen molar-refractivity contribution >= 4 is 22.5 Å². The number of likely N-dealkylation sites (tertiary alicyclic amines) is 1. The van der Waals surface area contributed by atoms with Crippen molar-refractivity contribution in [2.45, 2.75) is 25.8 Å². The number of fused-ring (bicyclic) bond motifs is 1. The monoisotopic (exact) mass is 243 g/mol. The van der Waals surface area contributed by atoms with E-state index in [0.717, 1.165) is 30.3 Å². The van der Waals surface area contributed by atoms with Gasteiger partial charge in [0.1, 0.15) is 5.69 Å². The molecule has 18 heavy (non-hydrogen) atoms. The standard InChI is InChI=1S/C14H17N3O/c1-9-4-3-7-17(9)14(18)12-8-10-5-2-6-11(15)13(10)16-12/h2,5-6,8-9,16H,3-4,7,15H2,1H3. The minimum Gasteiger partial charge on any atom is -0.397 e. The molecule has 0 spiro atoms. The Hall–Kier alpha value is -1.97. The average Bonchev–Trinajstić information content (AvgIpc) is 2.95. The van der Waals surface area contributed by atoms with Crippen LogP contribution >= 0.6 is 0 Å². The molecule has 1 amide bonds. The second-order valence-corrected chi connectivity index (χ2v) is 4.98. The number of aromatic amines is 1. The first-order chi connectivity index (χ1) is 8.66. The largest absolute Gasteiger partial charge is 0.397 e. The molecule has 0 saturated carbocycles. The zero-order valence-corrected chi connectivity index (χ0v) is 10.4. The van der Waals surface area contributed by atoms with Gasteiger partial charge in [-0.15, -0.1) is 0 Å². The predicted molar refractivity (Wildman–Crippen MR) is 72.4 cm³/mol. The highest BCUT2D eigenvalue weighted by Crippen LogP contribution is 2.24. The number of benzene rings is 1. The summed E-state index contributed by atoms with van der Waals surface area (Å²) in [4.78, 5) is 17.5. The van der Waals surface area contributed by atoms with E-state index in [1.165, 1.54) is 0 Å². The van der Waals surface area contributed by atoms with Gasteiger partial charge in [-0.25, -0.2) is 0 Å². The van der Waals surface area contributed by atoms with Crippen molar-refractivity contribution in [3.8, 4) is 0 Å². The number of rotatable bonds is 1. The van der Waals surface area contributed by atoms with Crippen LogP contribution in [0.2, 0.25) is 0 Å². The Kier molecular flexibility index (Phi) is 2.51. The number of H-pyrrole nitrogens is 1. The van der Waals surface area contributed by atoms with E-state index in [1.807, 2.05) is 29.2 Å². The van der Waals surface area contributed by atoms with Crippen LogP contribution in [0.5, 0.6) is 0 Å². The van der Waals surface area contributed by atoms with E-state index in [2.05, 4.69) is 11.9 Å². The third-order valence-electron chi connectivity index (χ3n) is 3.73. The number of nitrogen functional groups attached to an aromatic ring is 1. The lowest BCUT2D eigenvalue weighted by Crippen LogP contribution is -2.33. The van der Waals surface area contributed by atoms with Crippen molar-refractivity contribution in [3.05, 3.63) is 30.0 Å². The van der Waals surface area contributed by atoms with E-state index < -0.39 is 0 Å². The van der Waals surface area contributed by atoms with Gasteiger partial charge in [0.25, 0.3) is 5.91 Å². The molecule has 2 heterocycles. The minimum absolute atomic E-state index is 0.0793. The van der Waals surface area contributed by atoms with Crippen molar-refractivity contribution in [3.63, 3.8) is 0 Å².